The molecule has 0 fully saturated rings. The van der Waals surface area contributed by atoms with Crippen molar-refractivity contribution in [2.24, 2.45) is 0 Å². The number of aryl methyl sites for hydroxylation is 2. The van der Waals surface area contributed by atoms with Gasteiger partial charge in [-0.05, 0) is 45.4 Å². The SMILES string of the molecule is Cc1nc(Nc2ccc(C)c(Br)c2)cc(C(=O)NC(C)C)n1. The molecule has 0 unspecified atom stereocenters. The standard InChI is InChI=1S/C16H19BrN4O/c1-9(2)18-16(22)14-8-15(20-11(4)19-14)21-12-6-5-10(3)13(17)7-12/h5-9H,1-4H3,(H,18,22)(H,19,20,21). The van der Waals surface area contributed by atoms with Crippen LogP contribution < -0.4 is 10.6 Å². The second-order valence-electron chi connectivity index (χ2n) is 5.40. The predicted molar refractivity (Wildman–Crippen MR) is 91.5 cm³/mol. The number of nitrogens with zero attached hydrogens (tertiary/aromatic N) is 2. The Labute approximate surface area is 138 Å². The summed E-state index contributed by atoms with van der Waals surface area (Å²) in [5.41, 5.74) is 2.40. The van der Waals surface area contributed by atoms with Crippen molar-refractivity contribution in [1.29, 1.82) is 0 Å². The first-order chi connectivity index (χ1) is 10.3. The molecule has 2 N–H and O–H groups in total. The molecule has 1 amide bonds. The maximum absolute atomic E-state index is 12.1. The van der Waals surface area contributed by atoms with Gasteiger partial charge in [-0.25, -0.2) is 9.97 Å². The molecule has 0 atom stereocenters. The molecule has 5 nitrogen and oxygen atoms in total. The smallest absolute Gasteiger partial charge is 0.270 e. The van der Waals surface area contributed by atoms with Crippen LogP contribution in [-0.2, 0) is 0 Å². The third kappa shape index (κ3) is 4.27. The normalized spacial score (nSPS) is 10.6. The van der Waals surface area contributed by atoms with E-state index in [0.717, 1.165) is 15.7 Å². The van der Waals surface area contributed by atoms with Gasteiger partial charge in [-0.15, -0.1) is 0 Å². The summed E-state index contributed by atoms with van der Waals surface area (Å²) in [5, 5.41) is 6.03. The highest BCUT2D eigenvalue weighted by atomic mass is 79.9. The van der Waals surface area contributed by atoms with E-state index in [2.05, 4.69) is 36.5 Å². The third-order valence-corrected chi connectivity index (χ3v) is 3.79. The molecule has 0 aliphatic heterocycles. The van der Waals surface area contributed by atoms with Crippen molar-refractivity contribution in [3.63, 3.8) is 0 Å². The molecule has 2 rings (SSSR count). The molecule has 0 saturated heterocycles. The van der Waals surface area contributed by atoms with Gasteiger partial charge in [0.1, 0.15) is 17.3 Å². The van der Waals surface area contributed by atoms with Crippen molar-refractivity contribution in [2.45, 2.75) is 33.7 Å². The van der Waals surface area contributed by atoms with Crippen LogP contribution in [0.1, 0.15) is 35.7 Å². The molecule has 0 saturated carbocycles. The van der Waals surface area contributed by atoms with E-state index in [4.69, 9.17) is 0 Å². The first-order valence-electron chi connectivity index (χ1n) is 7.05. The fourth-order valence-corrected chi connectivity index (χ4v) is 2.28. The number of rotatable bonds is 4. The average molecular weight is 363 g/mol. The van der Waals surface area contributed by atoms with Gasteiger partial charge in [-0.3, -0.25) is 4.79 Å². The minimum absolute atomic E-state index is 0.0623. The largest absolute Gasteiger partial charge is 0.349 e. The van der Waals surface area contributed by atoms with E-state index in [0.29, 0.717) is 17.3 Å². The number of hydrogen-bond donors (Lipinski definition) is 2. The number of nitrogens with one attached hydrogen (secondary N) is 2. The molecule has 1 aromatic carbocycles. The van der Waals surface area contributed by atoms with Crippen molar-refractivity contribution in [1.82, 2.24) is 15.3 Å². The van der Waals surface area contributed by atoms with E-state index in [-0.39, 0.29) is 11.9 Å². The number of anilines is 2. The van der Waals surface area contributed by atoms with E-state index >= 15 is 0 Å². The van der Waals surface area contributed by atoms with Crippen LogP contribution in [0.25, 0.3) is 0 Å². The highest BCUT2D eigenvalue weighted by Crippen LogP contribution is 2.23. The van der Waals surface area contributed by atoms with Crippen LogP contribution >= 0.6 is 15.9 Å². The van der Waals surface area contributed by atoms with Crippen LogP contribution in [0.5, 0.6) is 0 Å². The highest BCUT2D eigenvalue weighted by Gasteiger charge is 2.11. The summed E-state index contributed by atoms with van der Waals surface area (Å²) in [6.45, 7) is 7.61. The van der Waals surface area contributed by atoms with Crippen LogP contribution in [0.3, 0.4) is 0 Å². The minimum atomic E-state index is -0.200. The zero-order chi connectivity index (χ0) is 16.3. The molecular weight excluding hydrogens is 344 g/mol. The van der Waals surface area contributed by atoms with Gasteiger partial charge in [0.25, 0.3) is 5.91 Å². The second-order valence-corrected chi connectivity index (χ2v) is 6.26. The summed E-state index contributed by atoms with van der Waals surface area (Å²) in [4.78, 5) is 20.6. The van der Waals surface area contributed by atoms with Crippen molar-refractivity contribution in [3.05, 3.63) is 45.8 Å². The third-order valence-electron chi connectivity index (χ3n) is 2.93. The monoisotopic (exact) mass is 362 g/mol. The van der Waals surface area contributed by atoms with E-state index in [9.17, 15) is 4.79 Å². The Morgan fingerprint density at radius 3 is 2.55 bits per heavy atom. The summed E-state index contributed by atoms with van der Waals surface area (Å²) >= 11 is 3.50. The Kier molecular flexibility index (Phi) is 5.13. The molecule has 0 aliphatic rings. The number of carbonyl (C=O) groups is 1. The number of amides is 1. The number of halogens is 1. The fourth-order valence-electron chi connectivity index (χ4n) is 1.90. The summed E-state index contributed by atoms with van der Waals surface area (Å²) in [5.74, 6) is 0.941. The van der Waals surface area contributed by atoms with E-state index < -0.39 is 0 Å². The molecular formula is C16H19BrN4O. The second kappa shape index (κ2) is 6.87. The fraction of sp³-hybridized carbons (Fsp3) is 0.312. The Morgan fingerprint density at radius 2 is 1.91 bits per heavy atom. The van der Waals surface area contributed by atoms with Gasteiger partial charge in [0.15, 0.2) is 0 Å². The molecule has 2 aromatic rings. The van der Waals surface area contributed by atoms with Gasteiger partial charge in [0.2, 0.25) is 0 Å². The van der Waals surface area contributed by atoms with Gasteiger partial charge >= 0.3 is 0 Å². The average Bonchev–Trinajstić information content (AvgIpc) is 2.41. The maximum Gasteiger partial charge on any atom is 0.270 e. The summed E-state index contributed by atoms with van der Waals surface area (Å²) in [7, 11) is 0. The molecule has 22 heavy (non-hydrogen) atoms. The molecule has 0 spiro atoms. The van der Waals surface area contributed by atoms with Crippen LogP contribution in [0.2, 0.25) is 0 Å². The zero-order valence-electron chi connectivity index (χ0n) is 13.1. The quantitative estimate of drug-likeness (QED) is 0.869. The molecule has 1 heterocycles. The Morgan fingerprint density at radius 1 is 1.18 bits per heavy atom. The van der Waals surface area contributed by atoms with Crippen LogP contribution in [0.4, 0.5) is 11.5 Å². The van der Waals surface area contributed by atoms with Crippen molar-refractivity contribution >= 4 is 33.3 Å². The van der Waals surface area contributed by atoms with Gasteiger partial charge in [-0.2, -0.15) is 0 Å². The van der Waals surface area contributed by atoms with Crippen LogP contribution in [0.15, 0.2) is 28.7 Å². The van der Waals surface area contributed by atoms with Crippen LogP contribution in [0, 0.1) is 13.8 Å². The lowest BCUT2D eigenvalue weighted by Crippen LogP contribution is -2.31. The minimum Gasteiger partial charge on any atom is -0.349 e. The van der Waals surface area contributed by atoms with Crippen molar-refractivity contribution in [2.75, 3.05) is 5.32 Å². The molecule has 0 radical (unpaired) electrons. The van der Waals surface area contributed by atoms with Gasteiger partial charge in [0.05, 0.1) is 0 Å². The van der Waals surface area contributed by atoms with Crippen molar-refractivity contribution in [3.8, 4) is 0 Å². The first kappa shape index (κ1) is 16.4. The predicted octanol–water partition coefficient (Wildman–Crippen LogP) is 3.74. The summed E-state index contributed by atoms with van der Waals surface area (Å²) < 4.78 is 1.01. The van der Waals surface area contributed by atoms with Gasteiger partial charge < -0.3 is 10.6 Å². The topological polar surface area (TPSA) is 66.9 Å². The number of aromatic nitrogens is 2. The molecule has 0 aliphatic carbocycles. The molecule has 0 bridgehead atoms. The van der Waals surface area contributed by atoms with E-state index in [1.54, 1.807) is 13.0 Å². The van der Waals surface area contributed by atoms with E-state index in [1.807, 2.05) is 39.0 Å². The van der Waals surface area contributed by atoms with Crippen molar-refractivity contribution < 1.29 is 4.79 Å². The van der Waals surface area contributed by atoms with Crippen LogP contribution in [-0.4, -0.2) is 21.9 Å². The van der Waals surface area contributed by atoms with E-state index in [1.165, 1.54) is 0 Å². The molecule has 116 valence electrons. The van der Waals surface area contributed by atoms with Gasteiger partial charge in [-0.1, -0.05) is 22.0 Å². The highest BCUT2D eigenvalue weighted by molar-refractivity contribution is 9.10. The maximum atomic E-state index is 12.1. The lowest BCUT2D eigenvalue weighted by Gasteiger charge is -2.11. The Hall–Kier alpha value is -1.95. The number of hydrogen-bond acceptors (Lipinski definition) is 4. The Balaban J connectivity index is 2.26. The first-order valence-corrected chi connectivity index (χ1v) is 7.84. The number of benzene rings is 1. The summed E-state index contributed by atoms with van der Waals surface area (Å²) in [6.07, 6.45) is 0. The lowest BCUT2D eigenvalue weighted by molar-refractivity contribution is 0.0937. The Bertz CT molecular complexity index is 701. The lowest BCUT2D eigenvalue weighted by atomic mass is 10.2. The van der Waals surface area contributed by atoms with Gasteiger partial charge in [0, 0.05) is 22.3 Å². The molecule has 1 aromatic heterocycles. The summed E-state index contributed by atoms with van der Waals surface area (Å²) in [6, 6.07) is 7.66. The molecule has 6 heteroatoms. The number of carbonyl (C=O) groups excluding carboxylic acids is 1. The zero-order valence-corrected chi connectivity index (χ0v) is 14.7.